The van der Waals surface area contributed by atoms with Crippen LogP contribution in [0, 0.1) is 5.41 Å². The molecular formula is C17H24N2O2. The van der Waals surface area contributed by atoms with Crippen LogP contribution in [0.1, 0.15) is 39.5 Å². The van der Waals surface area contributed by atoms with E-state index in [1.54, 1.807) is 0 Å². The van der Waals surface area contributed by atoms with Crippen molar-refractivity contribution in [2.45, 2.75) is 51.7 Å². The van der Waals surface area contributed by atoms with Crippen LogP contribution in [0.15, 0.2) is 24.3 Å². The molecule has 1 aromatic rings. The molecule has 0 aliphatic heterocycles. The van der Waals surface area contributed by atoms with Crippen LogP contribution in [0.2, 0.25) is 0 Å². The van der Waals surface area contributed by atoms with Crippen LogP contribution in [-0.2, 0) is 9.53 Å². The number of nitrogens with one attached hydrogen (secondary N) is 2. The first-order valence-electron chi connectivity index (χ1n) is 7.90. The highest BCUT2D eigenvalue weighted by Crippen LogP contribution is 2.58. The van der Waals surface area contributed by atoms with Crippen LogP contribution >= 0.6 is 0 Å². The third kappa shape index (κ3) is 2.64. The molecule has 2 saturated carbocycles. The smallest absolute Gasteiger partial charge is 0.221 e. The van der Waals surface area contributed by atoms with Gasteiger partial charge in [0.1, 0.15) is 0 Å². The van der Waals surface area contributed by atoms with Crippen LogP contribution in [0.4, 0.5) is 11.4 Å². The minimum atomic E-state index is -0.0392. The standard InChI is InChI=1S/C17H24N2O2/c1-3-21-16-11-15(17(16)8-5-9-17)19-14-7-4-6-13(10-14)18-12(2)20/h4,6-7,10,15-16,19H,3,5,8-9,11H2,1-2H3,(H,18,20). The summed E-state index contributed by atoms with van der Waals surface area (Å²) in [4.78, 5) is 11.1. The van der Waals surface area contributed by atoms with Crippen molar-refractivity contribution >= 4 is 17.3 Å². The van der Waals surface area contributed by atoms with Gasteiger partial charge in [-0.15, -0.1) is 0 Å². The normalized spacial score (nSPS) is 25.8. The number of benzene rings is 1. The molecule has 2 aliphatic carbocycles. The second-order valence-corrected chi connectivity index (χ2v) is 6.23. The molecule has 2 aliphatic rings. The van der Waals surface area contributed by atoms with Crippen molar-refractivity contribution in [3.63, 3.8) is 0 Å². The van der Waals surface area contributed by atoms with Gasteiger partial charge in [-0.2, -0.15) is 0 Å². The van der Waals surface area contributed by atoms with Gasteiger partial charge >= 0.3 is 0 Å². The van der Waals surface area contributed by atoms with Gasteiger partial charge in [0, 0.05) is 36.4 Å². The van der Waals surface area contributed by atoms with Gasteiger partial charge in [-0.3, -0.25) is 4.79 Å². The van der Waals surface area contributed by atoms with E-state index >= 15 is 0 Å². The summed E-state index contributed by atoms with van der Waals surface area (Å²) in [5.41, 5.74) is 2.27. The van der Waals surface area contributed by atoms with Gasteiger partial charge in [-0.1, -0.05) is 12.5 Å². The molecule has 2 unspecified atom stereocenters. The maximum Gasteiger partial charge on any atom is 0.221 e. The van der Waals surface area contributed by atoms with Crippen molar-refractivity contribution in [2.75, 3.05) is 17.2 Å². The first kappa shape index (κ1) is 14.4. The number of hydrogen-bond acceptors (Lipinski definition) is 3. The molecule has 0 bridgehead atoms. The summed E-state index contributed by atoms with van der Waals surface area (Å²) in [7, 11) is 0. The highest BCUT2D eigenvalue weighted by Gasteiger charge is 2.58. The fourth-order valence-electron chi connectivity index (χ4n) is 3.73. The third-order valence-corrected chi connectivity index (χ3v) is 4.96. The Bertz CT molecular complexity index is 525. The van der Waals surface area contributed by atoms with E-state index in [1.807, 2.05) is 18.2 Å². The maximum absolute atomic E-state index is 11.1. The predicted octanol–water partition coefficient (Wildman–Crippen LogP) is 3.40. The average Bonchev–Trinajstić information content (AvgIpc) is 2.35. The lowest BCUT2D eigenvalue weighted by Gasteiger charge is -2.61. The Labute approximate surface area is 126 Å². The lowest BCUT2D eigenvalue weighted by Crippen LogP contribution is -2.64. The van der Waals surface area contributed by atoms with Crippen molar-refractivity contribution in [1.82, 2.24) is 0 Å². The van der Waals surface area contributed by atoms with Crippen molar-refractivity contribution in [2.24, 2.45) is 5.41 Å². The molecule has 3 rings (SSSR count). The molecule has 0 saturated heterocycles. The summed E-state index contributed by atoms with van der Waals surface area (Å²) in [5.74, 6) is -0.0392. The second kappa shape index (κ2) is 5.68. The summed E-state index contributed by atoms with van der Waals surface area (Å²) in [6.07, 6.45) is 5.35. The Hall–Kier alpha value is -1.55. The van der Waals surface area contributed by atoms with Crippen LogP contribution in [0.25, 0.3) is 0 Å². The average molecular weight is 288 g/mol. The number of carbonyl (C=O) groups is 1. The highest BCUT2D eigenvalue weighted by molar-refractivity contribution is 5.89. The van der Waals surface area contributed by atoms with Crippen LogP contribution in [-0.4, -0.2) is 24.7 Å². The fourth-order valence-corrected chi connectivity index (χ4v) is 3.73. The molecule has 0 heterocycles. The Morgan fingerprint density at radius 3 is 2.76 bits per heavy atom. The van der Waals surface area contributed by atoms with Gasteiger partial charge in [0.05, 0.1) is 6.10 Å². The zero-order chi connectivity index (χ0) is 14.9. The molecule has 2 N–H and O–H groups in total. The number of amides is 1. The Morgan fingerprint density at radius 1 is 1.38 bits per heavy atom. The number of anilines is 2. The number of hydrogen-bond donors (Lipinski definition) is 2. The summed E-state index contributed by atoms with van der Waals surface area (Å²) in [5, 5.41) is 6.47. The summed E-state index contributed by atoms with van der Waals surface area (Å²) in [6, 6.07) is 8.44. The van der Waals surface area contributed by atoms with E-state index in [2.05, 4.69) is 23.6 Å². The topological polar surface area (TPSA) is 50.4 Å². The van der Waals surface area contributed by atoms with E-state index in [9.17, 15) is 4.79 Å². The number of carbonyl (C=O) groups excluding carboxylic acids is 1. The van der Waals surface area contributed by atoms with Crippen molar-refractivity contribution in [3.8, 4) is 0 Å². The fraction of sp³-hybridized carbons (Fsp3) is 0.588. The number of rotatable bonds is 5. The monoisotopic (exact) mass is 288 g/mol. The maximum atomic E-state index is 11.1. The lowest BCUT2D eigenvalue weighted by atomic mass is 9.51. The van der Waals surface area contributed by atoms with Gasteiger partial charge in [0.25, 0.3) is 0 Å². The molecule has 1 amide bonds. The van der Waals surface area contributed by atoms with Crippen LogP contribution < -0.4 is 10.6 Å². The van der Waals surface area contributed by atoms with E-state index in [0.717, 1.165) is 24.4 Å². The quantitative estimate of drug-likeness (QED) is 0.873. The molecule has 4 nitrogen and oxygen atoms in total. The van der Waals surface area contributed by atoms with Crippen LogP contribution in [0.5, 0.6) is 0 Å². The second-order valence-electron chi connectivity index (χ2n) is 6.23. The van der Waals surface area contributed by atoms with Crippen LogP contribution in [0.3, 0.4) is 0 Å². The molecule has 0 radical (unpaired) electrons. The van der Waals surface area contributed by atoms with E-state index in [4.69, 9.17) is 4.74 Å². The summed E-state index contributed by atoms with van der Waals surface area (Å²) in [6.45, 7) is 4.41. The Balaban J connectivity index is 1.66. The third-order valence-electron chi connectivity index (χ3n) is 4.96. The van der Waals surface area contributed by atoms with E-state index < -0.39 is 0 Å². The van der Waals surface area contributed by atoms with Gasteiger partial charge < -0.3 is 15.4 Å². The SMILES string of the molecule is CCOC1CC(Nc2cccc(NC(C)=O)c2)C12CCC2. The zero-order valence-electron chi connectivity index (χ0n) is 12.8. The summed E-state index contributed by atoms with van der Waals surface area (Å²) < 4.78 is 5.88. The highest BCUT2D eigenvalue weighted by atomic mass is 16.5. The first-order chi connectivity index (χ1) is 10.1. The predicted molar refractivity (Wildman–Crippen MR) is 84.5 cm³/mol. The minimum absolute atomic E-state index is 0.0392. The van der Waals surface area contributed by atoms with Crippen molar-refractivity contribution in [1.29, 1.82) is 0 Å². The minimum Gasteiger partial charge on any atom is -0.381 e. The molecule has 2 fully saturated rings. The first-order valence-corrected chi connectivity index (χ1v) is 7.90. The van der Waals surface area contributed by atoms with Gasteiger partial charge in [-0.25, -0.2) is 0 Å². The van der Waals surface area contributed by atoms with Gasteiger partial charge in [0.15, 0.2) is 0 Å². The van der Waals surface area contributed by atoms with Gasteiger partial charge in [-0.05, 0) is 44.4 Å². The van der Waals surface area contributed by atoms with Gasteiger partial charge in [0.2, 0.25) is 5.91 Å². The molecule has 1 spiro atoms. The molecule has 1 aromatic carbocycles. The van der Waals surface area contributed by atoms with E-state index in [1.165, 1.54) is 26.2 Å². The van der Waals surface area contributed by atoms with E-state index in [-0.39, 0.29) is 5.91 Å². The number of ether oxygens (including phenoxy) is 1. The Kier molecular flexibility index (Phi) is 3.89. The molecule has 114 valence electrons. The molecule has 2 atom stereocenters. The molecule has 21 heavy (non-hydrogen) atoms. The molecule has 4 heteroatoms. The summed E-state index contributed by atoms with van der Waals surface area (Å²) >= 11 is 0. The molecule has 0 aromatic heterocycles. The lowest BCUT2D eigenvalue weighted by molar-refractivity contribution is -0.157. The Morgan fingerprint density at radius 2 is 2.14 bits per heavy atom. The van der Waals surface area contributed by atoms with E-state index in [0.29, 0.717) is 17.6 Å². The largest absolute Gasteiger partial charge is 0.381 e. The van der Waals surface area contributed by atoms with Crippen molar-refractivity contribution < 1.29 is 9.53 Å². The van der Waals surface area contributed by atoms with Crippen molar-refractivity contribution in [3.05, 3.63) is 24.3 Å². The zero-order valence-corrected chi connectivity index (χ0v) is 12.8. The molecular weight excluding hydrogens is 264 g/mol.